The second kappa shape index (κ2) is 9.77. The molecule has 0 aromatic heterocycles. The van der Waals surface area contributed by atoms with Gasteiger partial charge in [-0.15, -0.1) is 11.8 Å². The van der Waals surface area contributed by atoms with Crippen molar-refractivity contribution in [3.8, 4) is 0 Å². The van der Waals surface area contributed by atoms with Crippen molar-refractivity contribution in [1.82, 2.24) is 10.2 Å². The van der Waals surface area contributed by atoms with E-state index in [1.807, 2.05) is 6.92 Å². The summed E-state index contributed by atoms with van der Waals surface area (Å²) in [7, 11) is 1.62. The van der Waals surface area contributed by atoms with Crippen LogP contribution in [0.25, 0.3) is 0 Å². The molecule has 1 saturated heterocycles. The normalized spacial score (nSPS) is 19.9. The highest BCUT2D eigenvalue weighted by molar-refractivity contribution is 7.99. The van der Waals surface area contributed by atoms with Crippen molar-refractivity contribution >= 4 is 23.6 Å². The Bertz CT molecular complexity index is 599. The van der Waals surface area contributed by atoms with E-state index in [9.17, 15) is 14.0 Å². The van der Waals surface area contributed by atoms with Crippen LogP contribution in [0.5, 0.6) is 0 Å². The van der Waals surface area contributed by atoms with Gasteiger partial charge < -0.3 is 15.0 Å². The Labute approximate surface area is 152 Å². The van der Waals surface area contributed by atoms with Gasteiger partial charge in [-0.05, 0) is 30.5 Å². The lowest BCUT2D eigenvalue weighted by Gasteiger charge is -2.29. The number of hydrogen-bond donors (Lipinski definition) is 1. The van der Waals surface area contributed by atoms with Gasteiger partial charge in [0.05, 0.1) is 0 Å². The molecular weight excluding hydrogens is 343 g/mol. The topological polar surface area (TPSA) is 58.6 Å². The van der Waals surface area contributed by atoms with Gasteiger partial charge in [-0.3, -0.25) is 9.59 Å². The third kappa shape index (κ3) is 5.19. The second-order valence-electron chi connectivity index (χ2n) is 5.94. The minimum atomic E-state index is -0.528. The summed E-state index contributed by atoms with van der Waals surface area (Å²) in [6.45, 7) is 3.01. The fourth-order valence-corrected chi connectivity index (χ4v) is 4.26. The molecule has 1 N–H and O–H groups in total. The van der Waals surface area contributed by atoms with Gasteiger partial charge >= 0.3 is 0 Å². The Morgan fingerprint density at radius 3 is 2.92 bits per heavy atom. The molecule has 25 heavy (non-hydrogen) atoms. The molecule has 1 fully saturated rings. The number of hydrogen-bond acceptors (Lipinski definition) is 4. The molecule has 0 spiro atoms. The number of rotatable bonds is 8. The van der Waals surface area contributed by atoms with Crippen molar-refractivity contribution in [1.29, 1.82) is 0 Å². The molecule has 0 saturated carbocycles. The van der Waals surface area contributed by atoms with Gasteiger partial charge in [0.1, 0.15) is 17.2 Å². The van der Waals surface area contributed by atoms with Crippen LogP contribution in [0.2, 0.25) is 0 Å². The zero-order chi connectivity index (χ0) is 18.2. The van der Waals surface area contributed by atoms with Crippen LogP contribution < -0.4 is 5.32 Å². The molecule has 5 nitrogen and oxygen atoms in total. The molecule has 0 radical (unpaired) electrons. The average molecular weight is 368 g/mol. The molecule has 1 heterocycles. The van der Waals surface area contributed by atoms with Gasteiger partial charge in [0.15, 0.2) is 0 Å². The number of ether oxygens (including phenoxy) is 1. The van der Waals surface area contributed by atoms with Crippen molar-refractivity contribution in [3.05, 3.63) is 35.6 Å². The van der Waals surface area contributed by atoms with E-state index in [0.717, 1.165) is 6.42 Å². The number of nitrogens with one attached hydrogen (secondary N) is 1. The molecule has 1 aromatic rings. The van der Waals surface area contributed by atoms with Gasteiger partial charge in [-0.1, -0.05) is 19.1 Å². The zero-order valence-corrected chi connectivity index (χ0v) is 15.5. The third-order valence-electron chi connectivity index (χ3n) is 4.01. The summed E-state index contributed by atoms with van der Waals surface area (Å²) in [5.41, 5.74) is 0.712. The Hall–Kier alpha value is -1.60. The molecule has 1 aliphatic heterocycles. The van der Waals surface area contributed by atoms with E-state index in [1.165, 1.54) is 23.9 Å². The van der Waals surface area contributed by atoms with Crippen LogP contribution in [0.4, 0.5) is 4.39 Å². The van der Waals surface area contributed by atoms with Gasteiger partial charge in [-0.25, -0.2) is 4.39 Å². The monoisotopic (exact) mass is 368 g/mol. The molecule has 1 aromatic carbocycles. The molecule has 0 aliphatic carbocycles. The summed E-state index contributed by atoms with van der Waals surface area (Å²) >= 11 is 1.50. The molecular formula is C18H25FN2O3S. The summed E-state index contributed by atoms with van der Waals surface area (Å²) in [5.74, 6) is -0.0635. The highest BCUT2D eigenvalue weighted by atomic mass is 32.2. The Kier molecular flexibility index (Phi) is 7.71. The Balaban J connectivity index is 2.13. The molecule has 138 valence electrons. The van der Waals surface area contributed by atoms with Crippen LogP contribution >= 0.6 is 11.8 Å². The maximum Gasteiger partial charge on any atom is 0.243 e. The van der Waals surface area contributed by atoms with E-state index >= 15 is 0 Å². The lowest BCUT2D eigenvalue weighted by atomic mass is 10.1. The predicted molar refractivity (Wildman–Crippen MR) is 96.6 cm³/mol. The molecule has 7 heteroatoms. The first-order chi connectivity index (χ1) is 12.1. The molecule has 2 amide bonds. The lowest BCUT2D eigenvalue weighted by molar-refractivity contribution is -0.139. The van der Waals surface area contributed by atoms with E-state index in [-0.39, 0.29) is 23.0 Å². The average Bonchev–Trinajstić information content (AvgIpc) is 3.04. The van der Waals surface area contributed by atoms with Crippen LogP contribution in [-0.2, 0) is 14.3 Å². The van der Waals surface area contributed by atoms with Gasteiger partial charge in [0.2, 0.25) is 11.8 Å². The molecule has 2 unspecified atom stereocenters. The summed E-state index contributed by atoms with van der Waals surface area (Å²) < 4.78 is 18.6. The minimum Gasteiger partial charge on any atom is -0.385 e. The van der Waals surface area contributed by atoms with Crippen LogP contribution in [0.15, 0.2) is 24.3 Å². The fraction of sp³-hybridized carbons (Fsp3) is 0.556. The first kappa shape index (κ1) is 19.7. The molecule has 1 aliphatic rings. The Morgan fingerprint density at radius 1 is 1.44 bits per heavy atom. The van der Waals surface area contributed by atoms with Gasteiger partial charge in [-0.2, -0.15) is 0 Å². The number of methoxy groups -OCH3 is 1. The minimum absolute atomic E-state index is 0.0706. The third-order valence-corrected chi connectivity index (χ3v) is 5.34. The number of benzene rings is 1. The number of thioether (sulfide) groups is 1. The van der Waals surface area contributed by atoms with E-state index in [1.54, 1.807) is 24.1 Å². The number of halogens is 1. The fourth-order valence-electron chi connectivity index (χ4n) is 2.82. The number of carbonyl (C=O) groups excluding carboxylic acids is 2. The zero-order valence-electron chi connectivity index (χ0n) is 14.7. The smallest absolute Gasteiger partial charge is 0.243 e. The maximum absolute atomic E-state index is 13.6. The quantitative estimate of drug-likeness (QED) is 0.717. The van der Waals surface area contributed by atoms with Crippen LogP contribution in [-0.4, -0.2) is 48.8 Å². The molecule has 2 atom stereocenters. The van der Waals surface area contributed by atoms with Crippen LogP contribution in [0.1, 0.15) is 37.1 Å². The van der Waals surface area contributed by atoms with Gasteiger partial charge in [0, 0.05) is 32.4 Å². The largest absolute Gasteiger partial charge is 0.385 e. The second-order valence-corrected chi connectivity index (χ2v) is 7.06. The van der Waals surface area contributed by atoms with E-state index < -0.39 is 6.04 Å². The van der Waals surface area contributed by atoms with Crippen molar-refractivity contribution < 1.29 is 18.7 Å². The van der Waals surface area contributed by atoms with Crippen molar-refractivity contribution in [2.45, 2.75) is 37.6 Å². The van der Waals surface area contributed by atoms with E-state index in [0.29, 0.717) is 37.3 Å². The first-order valence-corrected chi connectivity index (χ1v) is 9.58. The molecule has 2 rings (SSSR count). The van der Waals surface area contributed by atoms with Crippen LogP contribution in [0, 0.1) is 5.82 Å². The Morgan fingerprint density at radius 2 is 2.24 bits per heavy atom. The summed E-state index contributed by atoms with van der Waals surface area (Å²) in [6.07, 6.45) is 1.80. The van der Waals surface area contributed by atoms with Crippen molar-refractivity contribution in [3.63, 3.8) is 0 Å². The number of amides is 2. The van der Waals surface area contributed by atoms with E-state index in [4.69, 9.17) is 4.74 Å². The van der Waals surface area contributed by atoms with Crippen molar-refractivity contribution in [2.24, 2.45) is 0 Å². The predicted octanol–water partition coefficient (Wildman–Crippen LogP) is 2.72. The number of nitrogens with zero attached hydrogens (tertiary/aromatic N) is 1. The summed E-state index contributed by atoms with van der Waals surface area (Å²) in [4.78, 5) is 26.8. The van der Waals surface area contributed by atoms with E-state index in [2.05, 4.69) is 5.32 Å². The standard InChI is InChI=1S/C18H25FN2O3S/c1-3-6-16(22)21-15(17(23)20-9-5-10-24-2)12-25-18(21)13-7-4-8-14(19)11-13/h4,7-8,11,15,18H,3,5-6,9-10,12H2,1-2H3,(H,20,23). The summed E-state index contributed by atoms with van der Waals surface area (Å²) in [6, 6.07) is 5.71. The molecule has 0 bridgehead atoms. The highest BCUT2D eigenvalue weighted by Crippen LogP contribution is 2.42. The lowest BCUT2D eigenvalue weighted by Crippen LogP contribution is -2.48. The first-order valence-electron chi connectivity index (χ1n) is 8.53. The SMILES string of the molecule is CCCC(=O)N1C(C(=O)NCCCOC)CSC1c1cccc(F)c1. The van der Waals surface area contributed by atoms with Crippen molar-refractivity contribution in [2.75, 3.05) is 26.0 Å². The maximum atomic E-state index is 13.6. The van der Waals surface area contributed by atoms with Crippen LogP contribution in [0.3, 0.4) is 0 Å². The number of carbonyl (C=O) groups is 2. The highest BCUT2D eigenvalue weighted by Gasteiger charge is 2.41. The summed E-state index contributed by atoms with van der Waals surface area (Å²) in [5, 5.41) is 2.54. The van der Waals surface area contributed by atoms with Gasteiger partial charge in [0.25, 0.3) is 0 Å².